The van der Waals surface area contributed by atoms with Gasteiger partial charge in [0.05, 0.1) is 6.54 Å². The number of carbonyl (C=O) groups is 1. The molecule has 1 aromatic carbocycles. The van der Waals surface area contributed by atoms with Gasteiger partial charge in [-0.1, -0.05) is 28.1 Å². The molecule has 0 saturated carbocycles. The predicted molar refractivity (Wildman–Crippen MR) is 73.7 cm³/mol. The number of amides is 1. The van der Waals surface area contributed by atoms with Crippen molar-refractivity contribution >= 4 is 21.8 Å². The maximum Gasteiger partial charge on any atom is 0.234 e. The van der Waals surface area contributed by atoms with E-state index >= 15 is 0 Å². The van der Waals surface area contributed by atoms with Crippen LogP contribution in [0, 0.1) is 0 Å². The van der Waals surface area contributed by atoms with Gasteiger partial charge in [0.25, 0.3) is 0 Å². The Balaban J connectivity index is 2.31. The van der Waals surface area contributed by atoms with E-state index in [0.29, 0.717) is 13.1 Å². The van der Waals surface area contributed by atoms with Gasteiger partial charge < -0.3 is 10.6 Å². The lowest BCUT2D eigenvalue weighted by Gasteiger charge is -2.20. The van der Waals surface area contributed by atoms with Gasteiger partial charge >= 0.3 is 0 Å². The molecule has 1 amide bonds. The minimum atomic E-state index is -0.172. The zero-order chi connectivity index (χ0) is 12.9. The van der Waals surface area contributed by atoms with Crippen LogP contribution < -0.4 is 10.6 Å². The molecule has 0 radical (unpaired) electrons. The van der Waals surface area contributed by atoms with Gasteiger partial charge in [-0.05, 0) is 38.5 Å². The summed E-state index contributed by atoms with van der Waals surface area (Å²) in [4.78, 5) is 11.5. The minimum Gasteiger partial charge on any atom is -0.350 e. The molecule has 0 aliphatic carbocycles. The lowest BCUT2D eigenvalue weighted by molar-refractivity contribution is -0.121. The zero-order valence-corrected chi connectivity index (χ0v) is 12.1. The van der Waals surface area contributed by atoms with E-state index in [4.69, 9.17) is 0 Å². The molecule has 0 heterocycles. The van der Waals surface area contributed by atoms with Gasteiger partial charge in [-0.15, -0.1) is 0 Å². The van der Waals surface area contributed by atoms with Crippen LogP contribution in [0.4, 0.5) is 0 Å². The van der Waals surface area contributed by atoms with E-state index in [1.54, 1.807) is 0 Å². The highest BCUT2D eigenvalue weighted by molar-refractivity contribution is 9.10. The van der Waals surface area contributed by atoms with Crippen molar-refractivity contribution < 1.29 is 4.79 Å². The lowest BCUT2D eigenvalue weighted by Crippen LogP contribution is -2.44. The first kappa shape index (κ1) is 14.2. The van der Waals surface area contributed by atoms with Gasteiger partial charge in [0, 0.05) is 16.6 Å². The summed E-state index contributed by atoms with van der Waals surface area (Å²) in [5, 5.41) is 6.02. The van der Waals surface area contributed by atoms with Crippen molar-refractivity contribution in [3.8, 4) is 0 Å². The second-order valence-corrected chi connectivity index (χ2v) is 5.95. The largest absolute Gasteiger partial charge is 0.350 e. The van der Waals surface area contributed by atoms with E-state index in [-0.39, 0.29) is 11.4 Å². The average Bonchev–Trinajstić information content (AvgIpc) is 2.14. The van der Waals surface area contributed by atoms with Gasteiger partial charge in [-0.25, -0.2) is 0 Å². The number of rotatable bonds is 4. The fourth-order valence-electron chi connectivity index (χ4n) is 1.43. The van der Waals surface area contributed by atoms with Crippen molar-refractivity contribution in [3.05, 3.63) is 34.3 Å². The Hall–Kier alpha value is -0.870. The highest BCUT2D eigenvalue weighted by Gasteiger charge is 2.12. The van der Waals surface area contributed by atoms with Crippen LogP contribution in [0.2, 0.25) is 0 Å². The SMILES string of the molecule is CC(C)(C)NC(=O)CNCc1cccc(Br)c1. The summed E-state index contributed by atoms with van der Waals surface area (Å²) in [6, 6.07) is 8.03. The standard InChI is InChI=1S/C13H19BrN2O/c1-13(2,3)16-12(17)9-15-8-10-5-4-6-11(14)7-10/h4-7,15H,8-9H2,1-3H3,(H,16,17). The molecule has 3 nitrogen and oxygen atoms in total. The van der Waals surface area contributed by atoms with Crippen molar-refractivity contribution in [2.24, 2.45) is 0 Å². The van der Waals surface area contributed by atoms with Crippen LogP contribution >= 0.6 is 15.9 Å². The molecule has 1 aromatic rings. The summed E-state index contributed by atoms with van der Waals surface area (Å²) >= 11 is 3.42. The summed E-state index contributed by atoms with van der Waals surface area (Å²) in [6.45, 7) is 6.94. The fraction of sp³-hybridized carbons (Fsp3) is 0.462. The molecule has 0 spiro atoms. The highest BCUT2D eigenvalue weighted by Crippen LogP contribution is 2.11. The maximum atomic E-state index is 11.5. The summed E-state index contributed by atoms with van der Waals surface area (Å²) in [6.07, 6.45) is 0. The number of halogens is 1. The quantitative estimate of drug-likeness (QED) is 0.896. The number of nitrogens with one attached hydrogen (secondary N) is 2. The normalized spacial score (nSPS) is 11.3. The minimum absolute atomic E-state index is 0.0208. The molecule has 17 heavy (non-hydrogen) atoms. The Bertz CT molecular complexity index is 385. The van der Waals surface area contributed by atoms with Crippen LogP contribution in [0.1, 0.15) is 26.3 Å². The Morgan fingerprint density at radius 3 is 2.65 bits per heavy atom. The van der Waals surface area contributed by atoms with Crippen LogP contribution in [-0.2, 0) is 11.3 Å². The van der Waals surface area contributed by atoms with Crippen molar-refractivity contribution in [1.82, 2.24) is 10.6 Å². The fourth-order valence-corrected chi connectivity index (χ4v) is 1.88. The zero-order valence-electron chi connectivity index (χ0n) is 10.5. The molecule has 0 atom stereocenters. The Kier molecular flexibility index (Phi) is 5.15. The molecule has 0 unspecified atom stereocenters. The first-order valence-corrected chi connectivity index (χ1v) is 6.42. The number of hydrogen-bond donors (Lipinski definition) is 2. The molecule has 0 aliphatic rings. The Morgan fingerprint density at radius 2 is 2.06 bits per heavy atom. The number of carbonyl (C=O) groups excluding carboxylic acids is 1. The molecule has 1 rings (SSSR count). The molecular formula is C13H19BrN2O. The van der Waals surface area contributed by atoms with Crippen LogP contribution in [-0.4, -0.2) is 18.0 Å². The average molecular weight is 299 g/mol. The molecule has 0 aromatic heterocycles. The highest BCUT2D eigenvalue weighted by atomic mass is 79.9. The number of hydrogen-bond acceptors (Lipinski definition) is 2. The predicted octanol–water partition coefficient (Wildman–Crippen LogP) is 2.45. The third kappa shape index (κ3) is 6.44. The smallest absolute Gasteiger partial charge is 0.234 e. The van der Waals surface area contributed by atoms with Crippen molar-refractivity contribution in [1.29, 1.82) is 0 Å². The molecule has 2 N–H and O–H groups in total. The van der Waals surface area contributed by atoms with Gasteiger partial charge in [-0.3, -0.25) is 4.79 Å². The summed E-state index contributed by atoms with van der Waals surface area (Å²) in [5.41, 5.74) is 0.983. The van der Waals surface area contributed by atoms with Crippen molar-refractivity contribution in [3.63, 3.8) is 0 Å². The van der Waals surface area contributed by atoms with E-state index in [1.165, 1.54) is 0 Å². The molecule has 0 saturated heterocycles. The molecule has 94 valence electrons. The third-order valence-corrected chi connectivity index (χ3v) is 2.51. The summed E-state index contributed by atoms with van der Waals surface area (Å²) in [5.74, 6) is 0.0208. The molecule has 0 fully saturated rings. The topological polar surface area (TPSA) is 41.1 Å². The van der Waals surface area contributed by atoms with Crippen LogP contribution in [0.15, 0.2) is 28.7 Å². The molecular weight excluding hydrogens is 280 g/mol. The van der Waals surface area contributed by atoms with Gasteiger partial charge in [-0.2, -0.15) is 0 Å². The Morgan fingerprint density at radius 1 is 1.35 bits per heavy atom. The molecule has 0 bridgehead atoms. The Labute approximate surface area is 111 Å². The summed E-state index contributed by atoms with van der Waals surface area (Å²) in [7, 11) is 0. The van der Waals surface area contributed by atoms with Gasteiger partial charge in [0.15, 0.2) is 0 Å². The van der Waals surface area contributed by atoms with Crippen LogP contribution in [0.25, 0.3) is 0 Å². The summed E-state index contributed by atoms with van der Waals surface area (Å²) < 4.78 is 1.05. The van der Waals surface area contributed by atoms with E-state index in [1.807, 2.05) is 45.0 Å². The first-order chi connectivity index (χ1) is 7.87. The second-order valence-electron chi connectivity index (χ2n) is 5.03. The van der Waals surface area contributed by atoms with E-state index in [2.05, 4.69) is 26.6 Å². The van der Waals surface area contributed by atoms with E-state index in [9.17, 15) is 4.79 Å². The van der Waals surface area contributed by atoms with Gasteiger partial charge in [0.2, 0.25) is 5.91 Å². The van der Waals surface area contributed by atoms with Crippen LogP contribution in [0.3, 0.4) is 0 Å². The third-order valence-electron chi connectivity index (χ3n) is 2.02. The van der Waals surface area contributed by atoms with Crippen LogP contribution in [0.5, 0.6) is 0 Å². The van der Waals surface area contributed by atoms with E-state index < -0.39 is 0 Å². The van der Waals surface area contributed by atoms with Crippen molar-refractivity contribution in [2.45, 2.75) is 32.9 Å². The van der Waals surface area contributed by atoms with Gasteiger partial charge in [0.1, 0.15) is 0 Å². The maximum absolute atomic E-state index is 11.5. The molecule has 4 heteroatoms. The van der Waals surface area contributed by atoms with E-state index in [0.717, 1.165) is 10.0 Å². The second kappa shape index (κ2) is 6.17. The van der Waals surface area contributed by atoms with Crippen molar-refractivity contribution in [2.75, 3.05) is 6.54 Å². The first-order valence-electron chi connectivity index (χ1n) is 5.63. The molecule has 0 aliphatic heterocycles. The number of benzene rings is 1. The lowest BCUT2D eigenvalue weighted by atomic mass is 10.1. The monoisotopic (exact) mass is 298 g/mol.